The Kier molecular flexibility index (Phi) is 6.49. The van der Waals surface area contributed by atoms with Gasteiger partial charge in [-0.2, -0.15) is 5.26 Å². The number of nitriles is 1. The third-order valence-corrected chi connectivity index (χ3v) is 4.66. The van der Waals surface area contributed by atoms with Gasteiger partial charge < -0.3 is 14.8 Å². The maximum atomic E-state index is 12.8. The lowest BCUT2D eigenvalue weighted by atomic mass is 9.95. The summed E-state index contributed by atoms with van der Waals surface area (Å²) in [6.45, 7) is 0.475. The average Bonchev–Trinajstić information content (AvgIpc) is 2.78. The molecule has 0 aromatic heterocycles. The Bertz CT molecular complexity index is 1050. The van der Waals surface area contributed by atoms with E-state index in [2.05, 4.69) is 11.4 Å². The molecule has 0 saturated carbocycles. The molecule has 0 bridgehead atoms. The summed E-state index contributed by atoms with van der Waals surface area (Å²) in [6, 6.07) is 22.5. The van der Waals surface area contributed by atoms with E-state index >= 15 is 0 Å². The summed E-state index contributed by atoms with van der Waals surface area (Å²) in [5.41, 5.74) is 3.61. The van der Waals surface area contributed by atoms with Crippen molar-refractivity contribution >= 4 is 5.91 Å². The van der Waals surface area contributed by atoms with Crippen LogP contribution in [0.25, 0.3) is 11.1 Å². The van der Waals surface area contributed by atoms with Gasteiger partial charge in [0.2, 0.25) is 0 Å². The highest BCUT2D eigenvalue weighted by Crippen LogP contribution is 2.28. The van der Waals surface area contributed by atoms with E-state index in [0.29, 0.717) is 35.6 Å². The SMILES string of the molecule is COc1ccc(CCNC(=O)c2ccccc2-c2ccccc2C#N)cc1OC. The van der Waals surface area contributed by atoms with Crippen molar-refractivity contribution in [2.45, 2.75) is 6.42 Å². The van der Waals surface area contributed by atoms with Gasteiger partial charge >= 0.3 is 0 Å². The number of hydrogen-bond acceptors (Lipinski definition) is 4. The van der Waals surface area contributed by atoms with Gasteiger partial charge in [-0.3, -0.25) is 4.79 Å². The normalized spacial score (nSPS) is 10.1. The minimum absolute atomic E-state index is 0.172. The van der Waals surface area contributed by atoms with E-state index in [1.807, 2.05) is 54.6 Å². The highest BCUT2D eigenvalue weighted by molar-refractivity contribution is 6.01. The number of methoxy groups -OCH3 is 2. The fourth-order valence-corrected chi connectivity index (χ4v) is 3.18. The summed E-state index contributed by atoms with van der Waals surface area (Å²) in [5.74, 6) is 1.16. The van der Waals surface area contributed by atoms with E-state index in [1.165, 1.54) is 0 Å². The Hall–Kier alpha value is -3.78. The zero-order valence-corrected chi connectivity index (χ0v) is 16.4. The van der Waals surface area contributed by atoms with Crippen LogP contribution in [0.5, 0.6) is 11.5 Å². The molecule has 0 aliphatic heterocycles. The molecule has 0 radical (unpaired) electrons. The largest absolute Gasteiger partial charge is 0.493 e. The number of carbonyl (C=O) groups is 1. The molecular formula is C24H22N2O3. The zero-order chi connectivity index (χ0) is 20.6. The lowest BCUT2D eigenvalue weighted by Crippen LogP contribution is -2.26. The topological polar surface area (TPSA) is 71.3 Å². The zero-order valence-electron chi connectivity index (χ0n) is 16.4. The second-order valence-electron chi connectivity index (χ2n) is 6.40. The van der Waals surface area contributed by atoms with Gasteiger partial charge in [-0.25, -0.2) is 0 Å². The van der Waals surface area contributed by atoms with Crippen molar-refractivity contribution in [1.29, 1.82) is 5.26 Å². The molecule has 146 valence electrons. The number of benzene rings is 3. The van der Waals surface area contributed by atoms with Crippen LogP contribution in [0.4, 0.5) is 0 Å². The molecule has 0 saturated heterocycles. The maximum Gasteiger partial charge on any atom is 0.251 e. The lowest BCUT2D eigenvalue weighted by molar-refractivity contribution is 0.0955. The second-order valence-corrected chi connectivity index (χ2v) is 6.40. The number of amides is 1. The van der Waals surface area contributed by atoms with Crippen LogP contribution in [0.3, 0.4) is 0 Å². The Morgan fingerprint density at radius 2 is 1.62 bits per heavy atom. The van der Waals surface area contributed by atoms with E-state index in [9.17, 15) is 10.1 Å². The Balaban J connectivity index is 1.73. The van der Waals surface area contributed by atoms with Gasteiger partial charge in [-0.05, 0) is 41.8 Å². The van der Waals surface area contributed by atoms with Crippen LogP contribution in [-0.2, 0) is 6.42 Å². The molecule has 3 rings (SSSR count). The molecule has 1 N–H and O–H groups in total. The average molecular weight is 386 g/mol. The van der Waals surface area contributed by atoms with Crippen molar-refractivity contribution in [2.75, 3.05) is 20.8 Å². The van der Waals surface area contributed by atoms with Gasteiger partial charge in [0.05, 0.1) is 25.9 Å². The summed E-state index contributed by atoms with van der Waals surface area (Å²) in [6.07, 6.45) is 0.656. The van der Waals surface area contributed by atoms with Gasteiger partial charge in [-0.1, -0.05) is 42.5 Å². The van der Waals surface area contributed by atoms with Crippen LogP contribution in [0.1, 0.15) is 21.5 Å². The molecule has 3 aromatic carbocycles. The maximum absolute atomic E-state index is 12.8. The highest BCUT2D eigenvalue weighted by Gasteiger charge is 2.14. The summed E-state index contributed by atoms with van der Waals surface area (Å²) < 4.78 is 10.6. The third kappa shape index (κ3) is 4.56. The quantitative estimate of drug-likeness (QED) is 0.660. The molecule has 0 spiro atoms. The number of nitrogens with one attached hydrogen (secondary N) is 1. The molecule has 0 atom stereocenters. The molecule has 0 aliphatic carbocycles. The van der Waals surface area contributed by atoms with Crippen LogP contribution in [0.15, 0.2) is 66.7 Å². The summed E-state index contributed by atoms with van der Waals surface area (Å²) in [5, 5.41) is 12.4. The first-order valence-electron chi connectivity index (χ1n) is 9.25. The van der Waals surface area contributed by atoms with Crippen LogP contribution in [0.2, 0.25) is 0 Å². The molecule has 3 aromatic rings. The standard InChI is InChI=1S/C24H22N2O3/c1-28-22-12-11-17(15-23(22)29-2)13-14-26-24(27)21-10-6-5-9-20(21)19-8-4-3-7-18(19)16-25/h3-12,15H,13-14H2,1-2H3,(H,26,27). The monoisotopic (exact) mass is 386 g/mol. The third-order valence-electron chi connectivity index (χ3n) is 4.66. The number of ether oxygens (including phenoxy) is 2. The van der Waals surface area contributed by atoms with Crippen LogP contribution < -0.4 is 14.8 Å². The molecule has 0 heterocycles. The summed E-state index contributed by atoms with van der Waals surface area (Å²) in [4.78, 5) is 12.8. The first kappa shape index (κ1) is 20.0. The summed E-state index contributed by atoms with van der Waals surface area (Å²) in [7, 11) is 3.19. The van der Waals surface area contributed by atoms with E-state index in [1.54, 1.807) is 26.4 Å². The highest BCUT2D eigenvalue weighted by atomic mass is 16.5. The van der Waals surface area contributed by atoms with Gasteiger partial charge in [0.1, 0.15) is 0 Å². The predicted octanol–water partition coefficient (Wildman–Crippen LogP) is 4.21. The number of rotatable bonds is 7. The molecular weight excluding hydrogens is 364 g/mol. The van der Waals surface area contributed by atoms with Gasteiger partial charge in [0.15, 0.2) is 11.5 Å². The van der Waals surface area contributed by atoms with Gasteiger partial charge in [0.25, 0.3) is 5.91 Å². The Morgan fingerprint density at radius 3 is 2.34 bits per heavy atom. The van der Waals surface area contributed by atoms with E-state index in [4.69, 9.17) is 9.47 Å². The van der Waals surface area contributed by atoms with Crippen LogP contribution in [-0.4, -0.2) is 26.7 Å². The molecule has 1 amide bonds. The number of hydrogen-bond donors (Lipinski definition) is 1. The van der Waals surface area contributed by atoms with E-state index in [-0.39, 0.29) is 5.91 Å². The minimum Gasteiger partial charge on any atom is -0.493 e. The van der Waals surface area contributed by atoms with Crippen molar-refractivity contribution in [3.05, 3.63) is 83.4 Å². The van der Waals surface area contributed by atoms with Crippen molar-refractivity contribution < 1.29 is 14.3 Å². The molecule has 5 heteroatoms. The van der Waals surface area contributed by atoms with Crippen LogP contribution >= 0.6 is 0 Å². The van der Waals surface area contributed by atoms with Crippen molar-refractivity contribution in [1.82, 2.24) is 5.32 Å². The van der Waals surface area contributed by atoms with Crippen molar-refractivity contribution in [3.63, 3.8) is 0 Å². The molecule has 0 fully saturated rings. The molecule has 5 nitrogen and oxygen atoms in total. The lowest BCUT2D eigenvalue weighted by Gasteiger charge is -2.12. The Morgan fingerprint density at radius 1 is 0.931 bits per heavy atom. The fraction of sp³-hybridized carbons (Fsp3) is 0.167. The first-order chi connectivity index (χ1) is 14.2. The Labute approximate surface area is 170 Å². The predicted molar refractivity (Wildman–Crippen MR) is 112 cm³/mol. The van der Waals surface area contributed by atoms with Gasteiger partial charge in [-0.15, -0.1) is 0 Å². The van der Waals surface area contributed by atoms with Gasteiger partial charge in [0, 0.05) is 17.7 Å². The van der Waals surface area contributed by atoms with Crippen molar-refractivity contribution in [2.24, 2.45) is 0 Å². The number of nitrogens with zero attached hydrogens (tertiary/aromatic N) is 1. The second kappa shape index (κ2) is 9.43. The first-order valence-corrected chi connectivity index (χ1v) is 9.25. The number of carbonyl (C=O) groups excluding carboxylic acids is 1. The van der Waals surface area contributed by atoms with Crippen LogP contribution in [0, 0.1) is 11.3 Å². The van der Waals surface area contributed by atoms with E-state index < -0.39 is 0 Å². The summed E-state index contributed by atoms with van der Waals surface area (Å²) >= 11 is 0. The smallest absolute Gasteiger partial charge is 0.251 e. The fourth-order valence-electron chi connectivity index (χ4n) is 3.18. The molecule has 29 heavy (non-hydrogen) atoms. The van der Waals surface area contributed by atoms with E-state index in [0.717, 1.165) is 16.7 Å². The molecule has 0 unspecified atom stereocenters. The minimum atomic E-state index is -0.172. The molecule has 0 aliphatic rings. The van der Waals surface area contributed by atoms with Crippen molar-refractivity contribution in [3.8, 4) is 28.7 Å².